The lowest BCUT2D eigenvalue weighted by Gasteiger charge is -2.06. The number of hydrogen-bond donors (Lipinski definition) is 1. The molecule has 1 aromatic heterocycles. The number of aromatic nitrogens is 1. The first kappa shape index (κ1) is 14.0. The Morgan fingerprint density at radius 1 is 1.10 bits per heavy atom. The summed E-state index contributed by atoms with van der Waals surface area (Å²) < 4.78 is 0. The highest BCUT2D eigenvalue weighted by molar-refractivity contribution is 7.10. The van der Waals surface area contributed by atoms with Gasteiger partial charge in [0.05, 0.1) is 10.7 Å². The molecule has 0 fully saturated rings. The topological polar surface area (TPSA) is 38.9 Å². The quantitative estimate of drug-likeness (QED) is 0.784. The summed E-state index contributed by atoms with van der Waals surface area (Å²) in [5.41, 5.74) is 11.7. The molecule has 3 rings (SSSR count). The SMILES string of the molecule is Cc1cc(CN)ccc1Cc1nc(-c2ccccc2)cs1. The van der Waals surface area contributed by atoms with Crippen molar-refractivity contribution in [3.05, 3.63) is 75.6 Å². The van der Waals surface area contributed by atoms with E-state index in [-0.39, 0.29) is 0 Å². The minimum atomic E-state index is 0.594. The largest absolute Gasteiger partial charge is 0.326 e. The van der Waals surface area contributed by atoms with Crippen molar-refractivity contribution < 1.29 is 0 Å². The van der Waals surface area contributed by atoms with Crippen molar-refractivity contribution in [3.63, 3.8) is 0 Å². The Labute approximate surface area is 129 Å². The Balaban J connectivity index is 1.82. The van der Waals surface area contributed by atoms with Gasteiger partial charge in [-0.1, -0.05) is 48.5 Å². The molecule has 106 valence electrons. The third kappa shape index (κ3) is 3.20. The van der Waals surface area contributed by atoms with Crippen molar-refractivity contribution in [1.82, 2.24) is 4.98 Å². The summed E-state index contributed by atoms with van der Waals surface area (Å²) in [4.78, 5) is 4.75. The van der Waals surface area contributed by atoms with Crippen LogP contribution in [0.25, 0.3) is 11.3 Å². The van der Waals surface area contributed by atoms with E-state index in [1.54, 1.807) is 11.3 Å². The van der Waals surface area contributed by atoms with Crippen LogP contribution in [0.2, 0.25) is 0 Å². The number of rotatable bonds is 4. The van der Waals surface area contributed by atoms with Crippen molar-refractivity contribution >= 4 is 11.3 Å². The van der Waals surface area contributed by atoms with Crippen LogP contribution in [0.4, 0.5) is 0 Å². The van der Waals surface area contributed by atoms with E-state index in [0.717, 1.165) is 17.1 Å². The molecule has 1 heterocycles. The Hall–Kier alpha value is -1.97. The van der Waals surface area contributed by atoms with Gasteiger partial charge in [0.1, 0.15) is 0 Å². The monoisotopic (exact) mass is 294 g/mol. The Morgan fingerprint density at radius 3 is 2.62 bits per heavy atom. The molecular formula is C18H18N2S. The van der Waals surface area contributed by atoms with Crippen molar-refractivity contribution in [2.45, 2.75) is 19.9 Å². The van der Waals surface area contributed by atoms with Crippen LogP contribution in [0.1, 0.15) is 21.7 Å². The molecule has 0 spiro atoms. The number of nitrogens with zero attached hydrogens (tertiary/aromatic N) is 1. The summed E-state index contributed by atoms with van der Waals surface area (Å²) >= 11 is 1.72. The minimum absolute atomic E-state index is 0.594. The normalized spacial score (nSPS) is 10.8. The summed E-state index contributed by atoms with van der Waals surface area (Å²) in [7, 11) is 0. The molecule has 0 aliphatic rings. The Morgan fingerprint density at radius 2 is 1.90 bits per heavy atom. The maximum Gasteiger partial charge on any atom is 0.0976 e. The second-order valence-electron chi connectivity index (χ2n) is 5.13. The van der Waals surface area contributed by atoms with Crippen LogP contribution in [-0.2, 0) is 13.0 Å². The van der Waals surface area contributed by atoms with Gasteiger partial charge in [0.15, 0.2) is 0 Å². The predicted molar refractivity (Wildman–Crippen MR) is 89.4 cm³/mol. The van der Waals surface area contributed by atoms with Gasteiger partial charge < -0.3 is 5.73 Å². The van der Waals surface area contributed by atoms with Gasteiger partial charge in [-0.3, -0.25) is 0 Å². The van der Waals surface area contributed by atoms with Crippen LogP contribution in [0.5, 0.6) is 0 Å². The van der Waals surface area contributed by atoms with E-state index in [0.29, 0.717) is 6.54 Å². The number of thiazole rings is 1. The van der Waals surface area contributed by atoms with E-state index in [2.05, 4.69) is 42.6 Å². The second kappa shape index (κ2) is 6.20. The fraction of sp³-hybridized carbons (Fsp3) is 0.167. The first-order valence-corrected chi connectivity index (χ1v) is 7.92. The highest BCUT2D eigenvalue weighted by atomic mass is 32.1. The van der Waals surface area contributed by atoms with E-state index in [4.69, 9.17) is 10.7 Å². The summed E-state index contributed by atoms with van der Waals surface area (Å²) in [6, 6.07) is 16.8. The van der Waals surface area contributed by atoms with Crippen molar-refractivity contribution in [2.75, 3.05) is 0 Å². The van der Waals surface area contributed by atoms with E-state index in [1.165, 1.54) is 22.3 Å². The zero-order valence-corrected chi connectivity index (χ0v) is 12.9. The van der Waals surface area contributed by atoms with Gasteiger partial charge in [0.25, 0.3) is 0 Å². The van der Waals surface area contributed by atoms with Crippen LogP contribution < -0.4 is 5.73 Å². The van der Waals surface area contributed by atoms with Crippen LogP contribution >= 0.6 is 11.3 Å². The second-order valence-corrected chi connectivity index (χ2v) is 6.08. The van der Waals surface area contributed by atoms with E-state index >= 15 is 0 Å². The average Bonchev–Trinajstić information content (AvgIpc) is 2.99. The fourth-order valence-electron chi connectivity index (χ4n) is 2.38. The van der Waals surface area contributed by atoms with Gasteiger partial charge in [0, 0.05) is 23.9 Å². The molecule has 0 unspecified atom stereocenters. The third-order valence-corrected chi connectivity index (χ3v) is 4.45. The zero-order chi connectivity index (χ0) is 14.7. The van der Waals surface area contributed by atoms with Crippen LogP contribution in [0, 0.1) is 6.92 Å². The van der Waals surface area contributed by atoms with Crippen LogP contribution in [0.15, 0.2) is 53.9 Å². The minimum Gasteiger partial charge on any atom is -0.326 e. The first-order valence-electron chi connectivity index (χ1n) is 7.04. The molecule has 0 atom stereocenters. The molecule has 0 radical (unpaired) electrons. The molecule has 2 nitrogen and oxygen atoms in total. The smallest absolute Gasteiger partial charge is 0.0976 e. The van der Waals surface area contributed by atoms with Crippen molar-refractivity contribution in [1.29, 1.82) is 0 Å². The van der Waals surface area contributed by atoms with E-state index in [1.807, 2.05) is 18.2 Å². The van der Waals surface area contributed by atoms with E-state index < -0.39 is 0 Å². The standard InChI is InChI=1S/C18H18N2S/c1-13-9-14(11-19)7-8-16(13)10-18-20-17(12-21-18)15-5-3-2-4-6-15/h2-9,12H,10-11,19H2,1H3. The molecule has 0 bridgehead atoms. The van der Waals surface area contributed by atoms with Gasteiger partial charge >= 0.3 is 0 Å². The average molecular weight is 294 g/mol. The number of nitrogens with two attached hydrogens (primary N) is 1. The number of aryl methyl sites for hydroxylation is 1. The molecule has 3 aromatic rings. The van der Waals surface area contributed by atoms with Gasteiger partial charge in [-0.2, -0.15) is 0 Å². The molecule has 21 heavy (non-hydrogen) atoms. The third-order valence-electron chi connectivity index (χ3n) is 3.61. The highest BCUT2D eigenvalue weighted by Crippen LogP contribution is 2.24. The molecule has 0 saturated heterocycles. The van der Waals surface area contributed by atoms with Crippen molar-refractivity contribution in [3.8, 4) is 11.3 Å². The summed E-state index contributed by atoms with van der Waals surface area (Å²) in [5.74, 6) is 0. The van der Waals surface area contributed by atoms with Crippen LogP contribution in [0.3, 0.4) is 0 Å². The van der Waals surface area contributed by atoms with Gasteiger partial charge in [-0.15, -0.1) is 11.3 Å². The fourth-order valence-corrected chi connectivity index (χ4v) is 3.21. The Kier molecular flexibility index (Phi) is 4.13. The molecule has 3 heteroatoms. The Bertz CT molecular complexity index is 732. The first-order chi connectivity index (χ1) is 10.3. The molecule has 0 saturated carbocycles. The summed E-state index contributed by atoms with van der Waals surface area (Å²) in [6.45, 7) is 2.73. The molecule has 0 amide bonds. The molecule has 0 aliphatic carbocycles. The van der Waals surface area contributed by atoms with Gasteiger partial charge in [-0.25, -0.2) is 4.98 Å². The van der Waals surface area contributed by atoms with Crippen LogP contribution in [-0.4, -0.2) is 4.98 Å². The number of benzene rings is 2. The summed E-state index contributed by atoms with van der Waals surface area (Å²) in [6.07, 6.45) is 0.883. The molecule has 0 aliphatic heterocycles. The lowest BCUT2D eigenvalue weighted by atomic mass is 10.0. The van der Waals surface area contributed by atoms with Gasteiger partial charge in [-0.05, 0) is 23.6 Å². The zero-order valence-electron chi connectivity index (χ0n) is 12.0. The van der Waals surface area contributed by atoms with Crippen molar-refractivity contribution in [2.24, 2.45) is 5.73 Å². The number of hydrogen-bond acceptors (Lipinski definition) is 3. The predicted octanol–water partition coefficient (Wildman–Crippen LogP) is 4.17. The maximum absolute atomic E-state index is 5.68. The molecular weight excluding hydrogens is 276 g/mol. The highest BCUT2D eigenvalue weighted by Gasteiger charge is 2.07. The molecule has 2 N–H and O–H groups in total. The van der Waals surface area contributed by atoms with E-state index in [9.17, 15) is 0 Å². The maximum atomic E-state index is 5.68. The lowest BCUT2D eigenvalue weighted by molar-refractivity contribution is 1.05. The van der Waals surface area contributed by atoms with Gasteiger partial charge in [0.2, 0.25) is 0 Å². The molecule has 2 aromatic carbocycles. The summed E-state index contributed by atoms with van der Waals surface area (Å²) in [5, 5.41) is 3.28. The lowest BCUT2D eigenvalue weighted by Crippen LogP contribution is -1.99.